The van der Waals surface area contributed by atoms with E-state index < -0.39 is 30.0 Å². The average Bonchev–Trinajstić information content (AvgIpc) is 3.76. The van der Waals surface area contributed by atoms with Crippen LogP contribution < -0.4 is 15.0 Å². The minimum absolute atomic E-state index is 0.0860. The van der Waals surface area contributed by atoms with Gasteiger partial charge in [-0.05, 0) is 89.3 Å². The van der Waals surface area contributed by atoms with Crippen LogP contribution >= 0.6 is 0 Å². The first kappa shape index (κ1) is 26.7. The number of fused-ring (bicyclic) bond motifs is 1. The Labute approximate surface area is 230 Å². The van der Waals surface area contributed by atoms with E-state index in [1.165, 1.54) is 16.5 Å². The van der Waals surface area contributed by atoms with Gasteiger partial charge in [-0.2, -0.15) is 8.78 Å². The lowest BCUT2D eigenvalue weighted by molar-refractivity contribution is -0.174. The summed E-state index contributed by atoms with van der Waals surface area (Å²) in [5.41, 5.74) is 2.44. The normalized spacial score (nSPS) is 19.4. The third-order valence-corrected chi connectivity index (χ3v) is 7.90. The molecule has 2 aliphatic heterocycles. The van der Waals surface area contributed by atoms with Crippen molar-refractivity contribution in [2.75, 3.05) is 36.9 Å². The molecular formula is C29H32F4N6O. The summed E-state index contributed by atoms with van der Waals surface area (Å²) in [6, 6.07) is 6.01. The first-order valence-corrected chi connectivity index (χ1v) is 13.7. The molecule has 1 saturated carbocycles. The number of pyridine rings is 1. The van der Waals surface area contributed by atoms with Crippen LogP contribution in [0.2, 0.25) is 0 Å². The summed E-state index contributed by atoms with van der Waals surface area (Å²) in [6.45, 7) is 4.80. The number of hydrogen-bond acceptors (Lipinski definition) is 7. The zero-order chi connectivity index (χ0) is 28.2. The van der Waals surface area contributed by atoms with Gasteiger partial charge in [-0.15, -0.1) is 0 Å². The number of nitrogens with zero attached hydrogens (tertiary/aromatic N) is 5. The van der Waals surface area contributed by atoms with E-state index >= 15 is 4.39 Å². The lowest BCUT2D eigenvalue weighted by Crippen LogP contribution is -2.48. The highest BCUT2D eigenvalue weighted by Crippen LogP contribution is 2.45. The standard InChI is InChI=1S/C29H32F4N6O/c1-16(2)39-15-29(32,33)40-27-21(30)12-19(13-23(27)39)26-22(31)14-34-28(37-26)36-24-7-6-20(25(35-24)18-4-5-18)17-8-10-38(3)11-9-17/h6-7,12-14,16-18H,4-5,8-11,15H2,1-3H3,(H,34,35,36,37). The second kappa shape index (κ2) is 10.2. The number of hydrogen-bond donors (Lipinski definition) is 1. The van der Waals surface area contributed by atoms with Gasteiger partial charge in [0.25, 0.3) is 0 Å². The number of nitrogens with one attached hydrogen (secondary N) is 1. The second-order valence-electron chi connectivity index (χ2n) is 11.3. The number of aromatic nitrogens is 3. The molecule has 4 heterocycles. The van der Waals surface area contributed by atoms with Gasteiger partial charge in [0.2, 0.25) is 5.95 Å². The molecule has 11 heteroatoms. The van der Waals surface area contributed by atoms with Gasteiger partial charge in [0.05, 0.1) is 11.9 Å². The predicted octanol–water partition coefficient (Wildman–Crippen LogP) is 6.45. The fourth-order valence-electron chi connectivity index (χ4n) is 5.60. The number of anilines is 3. The molecule has 3 aliphatic rings. The molecule has 0 spiro atoms. The minimum Gasteiger partial charge on any atom is -0.426 e. The fourth-order valence-corrected chi connectivity index (χ4v) is 5.60. The maximum absolute atomic E-state index is 15.0. The summed E-state index contributed by atoms with van der Waals surface area (Å²) in [7, 11) is 2.14. The zero-order valence-corrected chi connectivity index (χ0v) is 22.7. The lowest BCUT2D eigenvalue weighted by atomic mass is 9.87. The van der Waals surface area contributed by atoms with Crippen LogP contribution in [-0.4, -0.2) is 58.7 Å². The quantitative estimate of drug-likeness (QED) is 0.350. The van der Waals surface area contributed by atoms with Crippen molar-refractivity contribution in [3.8, 4) is 17.0 Å². The minimum atomic E-state index is -3.55. The second-order valence-corrected chi connectivity index (χ2v) is 11.3. The molecule has 3 aromatic rings. The van der Waals surface area contributed by atoms with Crippen LogP contribution in [0.1, 0.15) is 62.6 Å². The molecule has 1 aliphatic carbocycles. The van der Waals surface area contributed by atoms with E-state index in [9.17, 15) is 13.2 Å². The average molecular weight is 557 g/mol. The predicted molar refractivity (Wildman–Crippen MR) is 144 cm³/mol. The molecule has 7 nitrogen and oxygen atoms in total. The third kappa shape index (κ3) is 5.31. The van der Waals surface area contributed by atoms with Crippen LogP contribution in [0.25, 0.3) is 11.3 Å². The Morgan fingerprint density at radius 2 is 1.75 bits per heavy atom. The van der Waals surface area contributed by atoms with E-state index in [-0.39, 0.29) is 28.9 Å². The molecule has 0 bridgehead atoms. The molecule has 2 aromatic heterocycles. The summed E-state index contributed by atoms with van der Waals surface area (Å²) >= 11 is 0. The van der Waals surface area contributed by atoms with E-state index in [4.69, 9.17) is 4.98 Å². The van der Waals surface area contributed by atoms with Gasteiger partial charge >= 0.3 is 6.11 Å². The molecule has 0 radical (unpaired) electrons. The van der Waals surface area contributed by atoms with Gasteiger partial charge < -0.3 is 19.9 Å². The van der Waals surface area contributed by atoms with Gasteiger partial charge in [0.15, 0.2) is 17.4 Å². The molecule has 1 N–H and O–H groups in total. The lowest BCUT2D eigenvalue weighted by Gasteiger charge is -2.38. The van der Waals surface area contributed by atoms with E-state index in [0.29, 0.717) is 17.7 Å². The Morgan fingerprint density at radius 3 is 2.45 bits per heavy atom. The van der Waals surface area contributed by atoms with Crippen molar-refractivity contribution >= 4 is 17.5 Å². The highest BCUT2D eigenvalue weighted by molar-refractivity contribution is 5.73. The molecule has 6 rings (SSSR count). The van der Waals surface area contributed by atoms with Crippen molar-refractivity contribution in [1.29, 1.82) is 0 Å². The summed E-state index contributed by atoms with van der Waals surface area (Å²) in [5.74, 6) is -0.789. The molecule has 0 amide bonds. The molecule has 0 atom stereocenters. The highest BCUT2D eigenvalue weighted by Gasteiger charge is 2.43. The molecule has 1 aromatic carbocycles. The Hall–Kier alpha value is -3.47. The maximum Gasteiger partial charge on any atom is 0.416 e. The molecule has 1 saturated heterocycles. The molecule has 212 valence electrons. The Kier molecular flexibility index (Phi) is 6.80. The largest absolute Gasteiger partial charge is 0.426 e. The van der Waals surface area contributed by atoms with Crippen molar-refractivity contribution in [1.82, 2.24) is 19.9 Å². The van der Waals surface area contributed by atoms with Gasteiger partial charge in [-0.1, -0.05) is 6.07 Å². The molecule has 2 fully saturated rings. The smallest absolute Gasteiger partial charge is 0.416 e. The number of ether oxygens (including phenoxy) is 1. The topological polar surface area (TPSA) is 66.4 Å². The zero-order valence-electron chi connectivity index (χ0n) is 22.7. The van der Waals surface area contributed by atoms with E-state index in [1.54, 1.807) is 13.8 Å². The number of alkyl halides is 2. The van der Waals surface area contributed by atoms with E-state index in [0.717, 1.165) is 56.7 Å². The molecule has 0 unspecified atom stereocenters. The summed E-state index contributed by atoms with van der Waals surface area (Å²) in [6.07, 6.45) is 1.88. The summed E-state index contributed by atoms with van der Waals surface area (Å²) in [4.78, 5) is 17.0. The van der Waals surface area contributed by atoms with Crippen LogP contribution in [-0.2, 0) is 0 Å². The van der Waals surface area contributed by atoms with Crippen LogP contribution in [0.3, 0.4) is 0 Å². The Morgan fingerprint density at radius 1 is 1.00 bits per heavy atom. The van der Waals surface area contributed by atoms with Crippen LogP contribution in [0.5, 0.6) is 5.75 Å². The Balaban J connectivity index is 1.30. The highest BCUT2D eigenvalue weighted by atomic mass is 19.3. The maximum atomic E-state index is 15.0. The van der Waals surface area contributed by atoms with Gasteiger partial charge in [0.1, 0.15) is 18.1 Å². The Bertz CT molecular complexity index is 1420. The van der Waals surface area contributed by atoms with Crippen molar-refractivity contribution in [3.05, 3.63) is 53.4 Å². The van der Waals surface area contributed by atoms with Crippen molar-refractivity contribution in [2.45, 2.75) is 63.5 Å². The number of likely N-dealkylation sites (tertiary alicyclic amines) is 1. The van der Waals surface area contributed by atoms with Crippen molar-refractivity contribution < 1.29 is 22.3 Å². The van der Waals surface area contributed by atoms with Gasteiger partial charge in [-0.3, -0.25) is 0 Å². The first-order valence-electron chi connectivity index (χ1n) is 13.7. The van der Waals surface area contributed by atoms with Gasteiger partial charge in [-0.25, -0.2) is 23.7 Å². The van der Waals surface area contributed by atoms with Gasteiger partial charge in [0, 0.05) is 23.2 Å². The van der Waals surface area contributed by atoms with Crippen LogP contribution in [0.15, 0.2) is 30.5 Å². The number of rotatable bonds is 6. The fraction of sp³-hybridized carbons (Fsp3) is 0.483. The number of benzene rings is 1. The number of halogens is 4. The van der Waals surface area contributed by atoms with Crippen molar-refractivity contribution in [3.63, 3.8) is 0 Å². The van der Waals surface area contributed by atoms with E-state index in [1.807, 2.05) is 6.07 Å². The summed E-state index contributed by atoms with van der Waals surface area (Å²) in [5, 5.41) is 3.08. The number of piperidine rings is 1. The SMILES string of the molecule is CC(C)N1CC(F)(F)Oc2c(F)cc(-c3nc(Nc4ccc(C5CCN(C)CC5)c(C5CC5)n4)ncc3F)cc21. The first-order chi connectivity index (χ1) is 19.1. The van der Waals surface area contributed by atoms with Crippen LogP contribution in [0.4, 0.5) is 35.0 Å². The summed E-state index contributed by atoms with van der Waals surface area (Å²) < 4.78 is 62.9. The molecular weight excluding hydrogens is 524 g/mol. The van der Waals surface area contributed by atoms with Crippen molar-refractivity contribution in [2.24, 2.45) is 0 Å². The van der Waals surface area contributed by atoms with Crippen LogP contribution in [0, 0.1) is 11.6 Å². The van der Waals surface area contributed by atoms with E-state index in [2.05, 4.69) is 38.0 Å². The molecule has 40 heavy (non-hydrogen) atoms. The monoisotopic (exact) mass is 556 g/mol. The third-order valence-electron chi connectivity index (χ3n) is 7.90.